The van der Waals surface area contributed by atoms with Gasteiger partial charge in [-0.3, -0.25) is 4.79 Å². The first-order valence-corrected chi connectivity index (χ1v) is 18.2. The number of hydrogen-bond donors (Lipinski definition) is 2. The summed E-state index contributed by atoms with van der Waals surface area (Å²) in [5, 5.41) is 11.8. The summed E-state index contributed by atoms with van der Waals surface area (Å²) >= 11 is 0. The smallest absolute Gasteiger partial charge is 0.358 e. The summed E-state index contributed by atoms with van der Waals surface area (Å²) < 4.78 is 30.5. The molecule has 0 unspecified atom stereocenters. The average molecular weight is 719 g/mol. The standard InChI is InChI=1S/C31H35N5O.C10H5F2NO3/c32-29-25(11-10-23-22-6-2-1-5-21(22)17-26(23)29)24-12-16-35(18-20-8-9-20)19-27(24)31(37)36-15-3-7-28(36)30-33-13-4-14-34-30;11-5-1-2-6(7(12)3-5)9-4-8(10(14)15)13-16-9/h1-2,4-6,10-11,13-14,20,24,27-28H,3,7-9,12,15-19,32H2;1-4H,(H,14,15)/t24-,27-,28-;/m1./s1. The topological polar surface area (TPSA) is 139 Å². The van der Waals surface area contributed by atoms with Crippen LogP contribution in [0.25, 0.3) is 22.5 Å². The number of carbonyl (C=O) groups is 2. The van der Waals surface area contributed by atoms with Gasteiger partial charge in [-0.1, -0.05) is 41.6 Å². The molecule has 3 aromatic carbocycles. The molecule has 2 aliphatic heterocycles. The number of hydrogen-bond acceptors (Lipinski definition) is 8. The molecular formula is C41H40F2N6O4. The van der Waals surface area contributed by atoms with E-state index in [0.29, 0.717) is 6.07 Å². The van der Waals surface area contributed by atoms with Gasteiger partial charge >= 0.3 is 5.97 Å². The summed E-state index contributed by atoms with van der Waals surface area (Å²) in [4.78, 5) is 38.5. The number of halogens is 2. The van der Waals surface area contributed by atoms with Crippen molar-refractivity contribution in [2.45, 2.75) is 50.5 Å². The molecule has 2 aliphatic carbocycles. The lowest BCUT2D eigenvalue weighted by molar-refractivity contribution is -0.139. The summed E-state index contributed by atoms with van der Waals surface area (Å²) in [6, 6.07) is 18.8. The Kier molecular flexibility index (Phi) is 9.46. The first-order valence-electron chi connectivity index (χ1n) is 18.2. The number of piperidine rings is 1. The number of benzene rings is 3. The normalized spacial score (nSPS) is 20.7. The first-order chi connectivity index (χ1) is 25.7. The Hall–Kier alpha value is -5.49. The quantitative estimate of drug-likeness (QED) is 0.165. The number of aromatic carboxylic acids is 1. The molecule has 53 heavy (non-hydrogen) atoms. The molecule has 3 atom stereocenters. The number of carboxylic acid groups (broad SMARTS) is 1. The molecule has 0 bridgehead atoms. The van der Waals surface area contributed by atoms with Crippen LogP contribution < -0.4 is 5.73 Å². The molecule has 10 nitrogen and oxygen atoms in total. The fraction of sp³-hybridized carbons (Fsp3) is 0.341. The van der Waals surface area contributed by atoms with Crippen molar-refractivity contribution in [3.8, 4) is 22.5 Å². The van der Waals surface area contributed by atoms with Crippen molar-refractivity contribution in [1.82, 2.24) is 24.9 Å². The van der Waals surface area contributed by atoms with Crippen molar-refractivity contribution < 1.29 is 28.0 Å². The molecule has 1 saturated carbocycles. The average Bonchev–Trinajstić information content (AvgIpc) is 3.52. The highest BCUT2D eigenvalue weighted by atomic mass is 19.1. The van der Waals surface area contributed by atoms with Crippen molar-refractivity contribution >= 4 is 17.6 Å². The van der Waals surface area contributed by atoms with E-state index in [-0.39, 0.29) is 40.8 Å². The van der Waals surface area contributed by atoms with E-state index in [1.54, 1.807) is 12.4 Å². The predicted molar refractivity (Wildman–Crippen MR) is 194 cm³/mol. The van der Waals surface area contributed by atoms with E-state index < -0.39 is 17.6 Å². The highest BCUT2D eigenvalue weighted by molar-refractivity contribution is 5.87. The maximum atomic E-state index is 14.3. The van der Waals surface area contributed by atoms with Gasteiger partial charge in [0, 0.05) is 56.3 Å². The zero-order chi connectivity index (χ0) is 36.6. The Morgan fingerprint density at radius 1 is 0.906 bits per heavy atom. The second-order valence-corrected chi connectivity index (χ2v) is 14.4. The summed E-state index contributed by atoms with van der Waals surface area (Å²) in [6.07, 6.45) is 10.0. The van der Waals surface area contributed by atoms with Crippen LogP contribution in [-0.4, -0.2) is 68.1 Å². The van der Waals surface area contributed by atoms with Crippen LogP contribution >= 0.6 is 0 Å². The van der Waals surface area contributed by atoms with Gasteiger partial charge in [0.15, 0.2) is 17.3 Å². The molecule has 4 heterocycles. The zero-order valence-electron chi connectivity index (χ0n) is 29.1. The van der Waals surface area contributed by atoms with Crippen molar-refractivity contribution in [1.29, 1.82) is 0 Å². The Bertz CT molecular complexity index is 2160. The Morgan fingerprint density at radius 2 is 1.70 bits per heavy atom. The van der Waals surface area contributed by atoms with Crippen LogP contribution in [0, 0.1) is 23.5 Å². The second-order valence-electron chi connectivity index (χ2n) is 14.4. The SMILES string of the molecule is Nc1c([C@H]2CCN(CC3CC3)C[C@H]2C(=O)N2CCC[C@@H]2c2ncccn2)ccc2c1Cc1ccccc1-2.O=C(O)c1cc(-c2ccc(F)cc2F)on1. The van der Waals surface area contributed by atoms with E-state index >= 15 is 0 Å². The lowest BCUT2D eigenvalue weighted by Crippen LogP contribution is -2.48. The number of rotatable bonds is 7. The van der Waals surface area contributed by atoms with Crippen LogP contribution in [0.4, 0.5) is 14.5 Å². The van der Waals surface area contributed by atoms with Crippen LogP contribution in [0.15, 0.2) is 83.6 Å². The summed E-state index contributed by atoms with van der Waals surface area (Å²) in [5.74, 6) is -1.03. The monoisotopic (exact) mass is 718 g/mol. The van der Waals surface area contributed by atoms with Crippen LogP contribution in [0.5, 0.6) is 0 Å². The molecule has 3 fully saturated rings. The van der Waals surface area contributed by atoms with Gasteiger partial charge < -0.3 is 25.2 Å². The van der Waals surface area contributed by atoms with Gasteiger partial charge in [-0.25, -0.2) is 23.5 Å². The number of nitrogens with zero attached hydrogens (tertiary/aromatic N) is 5. The van der Waals surface area contributed by atoms with Gasteiger partial charge in [-0.15, -0.1) is 0 Å². The fourth-order valence-electron chi connectivity index (χ4n) is 8.24. The lowest BCUT2D eigenvalue weighted by atomic mass is 9.77. The largest absolute Gasteiger partial charge is 0.476 e. The minimum atomic E-state index is -1.28. The van der Waals surface area contributed by atoms with Gasteiger partial charge in [0.05, 0.1) is 17.5 Å². The van der Waals surface area contributed by atoms with Crippen molar-refractivity contribution in [3.05, 3.63) is 119 Å². The predicted octanol–water partition coefficient (Wildman–Crippen LogP) is 7.13. The molecule has 0 radical (unpaired) electrons. The first kappa shape index (κ1) is 34.6. The van der Waals surface area contributed by atoms with E-state index in [1.807, 2.05) is 6.07 Å². The van der Waals surface area contributed by atoms with Crippen LogP contribution in [0.3, 0.4) is 0 Å². The minimum absolute atomic E-state index is 0.0278. The van der Waals surface area contributed by atoms with Crippen molar-refractivity contribution in [3.63, 3.8) is 0 Å². The molecule has 12 heteroatoms. The van der Waals surface area contributed by atoms with Gasteiger partial charge in [0.25, 0.3) is 0 Å². The van der Waals surface area contributed by atoms with Gasteiger partial charge in [-0.2, -0.15) is 0 Å². The summed E-state index contributed by atoms with van der Waals surface area (Å²) in [6.45, 7) is 3.75. The maximum absolute atomic E-state index is 14.3. The number of aromatic nitrogens is 3. The number of amides is 1. The highest BCUT2D eigenvalue weighted by Crippen LogP contribution is 2.46. The van der Waals surface area contributed by atoms with E-state index in [2.05, 4.69) is 65.8 Å². The lowest BCUT2D eigenvalue weighted by Gasteiger charge is -2.41. The molecule has 9 rings (SSSR count). The molecule has 5 aromatic rings. The Balaban J connectivity index is 0.000000210. The molecular weight excluding hydrogens is 678 g/mol. The van der Waals surface area contributed by atoms with Crippen molar-refractivity contribution in [2.75, 3.05) is 31.9 Å². The molecule has 1 amide bonds. The molecule has 0 spiro atoms. The van der Waals surface area contributed by atoms with Gasteiger partial charge in [0.2, 0.25) is 5.91 Å². The summed E-state index contributed by atoms with van der Waals surface area (Å²) in [5.41, 5.74) is 13.8. The third-order valence-electron chi connectivity index (χ3n) is 11.0. The van der Waals surface area contributed by atoms with E-state index in [4.69, 9.17) is 10.8 Å². The maximum Gasteiger partial charge on any atom is 0.358 e. The number of nitrogen functional groups attached to an aromatic ring is 1. The number of nitrogens with two attached hydrogens (primary N) is 1. The molecule has 3 N–H and O–H groups in total. The van der Waals surface area contributed by atoms with Crippen LogP contribution in [0.2, 0.25) is 0 Å². The number of carbonyl (C=O) groups excluding carboxylic acids is 1. The van der Waals surface area contributed by atoms with Crippen LogP contribution in [-0.2, 0) is 11.2 Å². The van der Waals surface area contributed by atoms with E-state index in [0.717, 1.165) is 87.5 Å². The minimum Gasteiger partial charge on any atom is -0.476 e. The van der Waals surface area contributed by atoms with Crippen molar-refractivity contribution in [2.24, 2.45) is 11.8 Å². The highest BCUT2D eigenvalue weighted by Gasteiger charge is 2.43. The van der Waals surface area contributed by atoms with Gasteiger partial charge in [0.1, 0.15) is 11.6 Å². The number of likely N-dealkylation sites (tertiary alicyclic amines) is 2. The number of anilines is 1. The fourth-order valence-corrected chi connectivity index (χ4v) is 8.24. The molecule has 2 saturated heterocycles. The molecule has 2 aromatic heterocycles. The summed E-state index contributed by atoms with van der Waals surface area (Å²) in [7, 11) is 0. The zero-order valence-corrected chi connectivity index (χ0v) is 29.1. The third-order valence-corrected chi connectivity index (χ3v) is 11.0. The third kappa shape index (κ3) is 7.03. The molecule has 272 valence electrons. The van der Waals surface area contributed by atoms with Gasteiger partial charge in [-0.05, 0) is 96.5 Å². The number of fused-ring (bicyclic) bond motifs is 3. The van der Waals surface area contributed by atoms with Crippen LogP contribution in [0.1, 0.15) is 77.1 Å². The second kappa shape index (κ2) is 14.5. The number of carboxylic acids is 1. The van der Waals surface area contributed by atoms with E-state index in [9.17, 15) is 18.4 Å². The Labute approximate surface area is 305 Å². The Morgan fingerprint density at radius 3 is 2.45 bits per heavy atom. The van der Waals surface area contributed by atoms with E-state index in [1.165, 1.54) is 40.7 Å². The molecule has 4 aliphatic rings.